The number of Topliss-reactive ketones (excluding diaryl/α,β-unsaturated/α-hetero) is 1. The molecule has 2 aromatic carbocycles. The maximum absolute atomic E-state index is 13.4. The zero-order valence-corrected chi connectivity index (χ0v) is 22.5. The topological polar surface area (TPSA) is 123 Å². The van der Waals surface area contributed by atoms with E-state index in [0.717, 1.165) is 11.3 Å². The van der Waals surface area contributed by atoms with Crippen molar-refractivity contribution in [1.29, 1.82) is 0 Å². The van der Waals surface area contributed by atoms with Crippen LogP contribution in [0.5, 0.6) is 0 Å². The van der Waals surface area contributed by atoms with Gasteiger partial charge in [0.2, 0.25) is 0 Å². The molecule has 1 atom stereocenters. The normalized spacial score (nSPS) is 18.3. The van der Waals surface area contributed by atoms with E-state index in [-0.39, 0.29) is 23.5 Å². The van der Waals surface area contributed by atoms with Crippen LogP contribution in [0.4, 0.5) is 17.1 Å². The van der Waals surface area contributed by atoms with Gasteiger partial charge in [-0.15, -0.1) is 0 Å². The number of nitro groups is 1. The molecule has 10 heteroatoms. The molecule has 2 aliphatic rings. The van der Waals surface area contributed by atoms with Crippen molar-refractivity contribution in [1.82, 2.24) is 5.32 Å². The lowest BCUT2D eigenvalue weighted by molar-refractivity contribution is -0.384. The maximum Gasteiger partial charge on any atom is 0.336 e. The molecule has 1 heterocycles. The van der Waals surface area contributed by atoms with E-state index >= 15 is 0 Å². The first-order chi connectivity index (χ1) is 18.0. The maximum atomic E-state index is 13.4. The highest BCUT2D eigenvalue weighted by molar-refractivity contribution is 7.80. The number of hydrogen-bond acceptors (Lipinski definition) is 7. The van der Waals surface area contributed by atoms with E-state index in [1.165, 1.54) is 12.1 Å². The van der Waals surface area contributed by atoms with Gasteiger partial charge in [-0.25, -0.2) is 4.79 Å². The van der Waals surface area contributed by atoms with Crippen LogP contribution in [0.1, 0.15) is 52.0 Å². The number of nitrogens with one attached hydrogen (secondary N) is 3. The van der Waals surface area contributed by atoms with Crippen LogP contribution in [-0.4, -0.2) is 28.4 Å². The van der Waals surface area contributed by atoms with Gasteiger partial charge < -0.3 is 20.7 Å². The van der Waals surface area contributed by atoms with Gasteiger partial charge in [0.25, 0.3) is 5.69 Å². The number of thiocarbonyl (C=S) groups is 1. The van der Waals surface area contributed by atoms with Gasteiger partial charge >= 0.3 is 5.97 Å². The number of ketones is 1. The second-order valence-electron chi connectivity index (χ2n) is 10.2. The number of ether oxygens (including phenoxy) is 1. The lowest BCUT2D eigenvalue weighted by Gasteiger charge is -2.39. The highest BCUT2D eigenvalue weighted by Crippen LogP contribution is 2.46. The van der Waals surface area contributed by atoms with Crippen molar-refractivity contribution >= 4 is 46.1 Å². The molecule has 0 amide bonds. The van der Waals surface area contributed by atoms with Gasteiger partial charge in [0, 0.05) is 52.8 Å². The molecule has 2 aromatic rings. The molecular formula is C28H30N4O5S. The Kier molecular flexibility index (Phi) is 7.63. The smallest absolute Gasteiger partial charge is 0.336 e. The Morgan fingerprint density at radius 1 is 1.11 bits per heavy atom. The van der Waals surface area contributed by atoms with Gasteiger partial charge in [-0.1, -0.05) is 26.0 Å². The number of esters is 1. The number of carbonyl (C=O) groups is 2. The number of anilines is 2. The van der Waals surface area contributed by atoms with Crippen LogP contribution in [0, 0.1) is 15.5 Å². The fourth-order valence-electron chi connectivity index (χ4n) is 4.97. The molecule has 3 N–H and O–H groups in total. The first-order valence-corrected chi connectivity index (χ1v) is 12.7. The number of hydrogen-bond donors (Lipinski definition) is 3. The molecule has 0 aromatic heterocycles. The van der Waals surface area contributed by atoms with Crippen LogP contribution >= 0.6 is 12.2 Å². The van der Waals surface area contributed by atoms with Crippen molar-refractivity contribution in [2.75, 3.05) is 17.2 Å². The van der Waals surface area contributed by atoms with Gasteiger partial charge in [0.1, 0.15) is 0 Å². The van der Waals surface area contributed by atoms with Crippen LogP contribution in [-0.2, 0) is 14.3 Å². The van der Waals surface area contributed by atoms with E-state index in [1.54, 1.807) is 19.1 Å². The Balaban J connectivity index is 1.59. The zero-order chi connectivity index (χ0) is 27.6. The van der Waals surface area contributed by atoms with Crippen LogP contribution in [0.25, 0.3) is 0 Å². The average molecular weight is 535 g/mol. The summed E-state index contributed by atoms with van der Waals surface area (Å²) in [4.78, 5) is 36.8. The van der Waals surface area contributed by atoms with Crippen LogP contribution in [0.15, 0.2) is 71.1 Å². The van der Waals surface area contributed by atoms with E-state index in [2.05, 4.69) is 29.8 Å². The van der Waals surface area contributed by atoms with E-state index in [0.29, 0.717) is 46.2 Å². The molecule has 1 unspecified atom stereocenters. The second-order valence-corrected chi connectivity index (χ2v) is 10.6. The fourth-order valence-corrected chi connectivity index (χ4v) is 5.20. The van der Waals surface area contributed by atoms with Gasteiger partial charge in [-0.05, 0) is 67.7 Å². The summed E-state index contributed by atoms with van der Waals surface area (Å²) < 4.78 is 5.37. The summed E-state index contributed by atoms with van der Waals surface area (Å²) in [5, 5.41) is 20.6. The largest absolute Gasteiger partial charge is 0.463 e. The molecule has 0 radical (unpaired) electrons. The molecule has 0 saturated heterocycles. The molecule has 198 valence electrons. The van der Waals surface area contributed by atoms with Crippen molar-refractivity contribution < 1.29 is 19.2 Å². The standard InChI is InChI=1S/C28H30N4O5S/c1-5-37-26(34)23-16(2)29-21-14-28(3,4)15-22(33)25(21)24(23)17-6-8-18(9-7-17)30-27(38)31-19-10-12-20(13-11-19)32(35)36/h6-13,24,29H,5,14-15H2,1-4H3,(H2,30,31,38). The summed E-state index contributed by atoms with van der Waals surface area (Å²) >= 11 is 5.39. The number of allylic oxidation sites excluding steroid dienone is 3. The lowest BCUT2D eigenvalue weighted by atomic mass is 9.68. The number of rotatable bonds is 6. The molecule has 0 fully saturated rings. The summed E-state index contributed by atoms with van der Waals surface area (Å²) in [5.74, 6) is -0.950. The van der Waals surface area contributed by atoms with Gasteiger partial charge in [0.05, 0.1) is 17.1 Å². The lowest BCUT2D eigenvalue weighted by Crippen LogP contribution is -2.38. The van der Waals surface area contributed by atoms with Crippen molar-refractivity contribution in [2.24, 2.45) is 5.41 Å². The van der Waals surface area contributed by atoms with E-state index in [9.17, 15) is 19.7 Å². The summed E-state index contributed by atoms with van der Waals surface area (Å²) in [5.41, 5.74) is 4.54. The first-order valence-electron chi connectivity index (χ1n) is 12.3. The Bertz CT molecular complexity index is 1360. The summed E-state index contributed by atoms with van der Waals surface area (Å²) in [7, 11) is 0. The third-order valence-electron chi connectivity index (χ3n) is 6.57. The number of carbonyl (C=O) groups excluding carboxylic acids is 2. The van der Waals surface area contributed by atoms with E-state index in [1.807, 2.05) is 31.2 Å². The van der Waals surface area contributed by atoms with E-state index in [4.69, 9.17) is 17.0 Å². The highest BCUT2D eigenvalue weighted by atomic mass is 32.1. The third kappa shape index (κ3) is 5.75. The molecule has 38 heavy (non-hydrogen) atoms. The molecule has 1 aliphatic carbocycles. The van der Waals surface area contributed by atoms with Crippen LogP contribution in [0.3, 0.4) is 0 Å². The van der Waals surface area contributed by atoms with Gasteiger partial charge in [-0.3, -0.25) is 14.9 Å². The Morgan fingerprint density at radius 3 is 2.24 bits per heavy atom. The van der Waals surface area contributed by atoms with Gasteiger partial charge in [-0.2, -0.15) is 0 Å². The number of nitrogens with zero attached hydrogens (tertiary/aromatic N) is 1. The van der Waals surface area contributed by atoms with Crippen molar-refractivity contribution in [3.8, 4) is 0 Å². The minimum atomic E-state index is -0.534. The van der Waals surface area contributed by atoms with Crippen LogP contribution < -0.4 is 16.0 Å². The number of nitro benzene ring substituents is 1. The quantitative estimate of drug-likeness (QED) is 0.189. The van der Waals surface area contributed by atoms with Crippen molar-refractivity contribution in [3.63, 3.8) is 0 Å². The molecule has 4 rings (SSSR count). The minimum Gasteiger partial charge on any atom is -0.463 e. The predicted octanol–water partition coefficient (Wildman–Crippen LogP) is 5.57. The monoisotopic (exact) mass is 534 g/mol. The first kappa shape index (κ1) is 27.0. The summed E-state index contributed by atoms with van der Waals surface area (Å²) in [6.45, 7) is 7.97. The zero-order valence-electron chi connectivity index (χ0n) is 21.7. The third-order valence-corrected chi connectivity index (χ3v) is 6.78. The fraction of sp³-hybridized carbons (Fsp3) is 0.321. The van der Waals surface area contributed by atoms with Gasteiger partial charge in [0.15, 0.2) is 10.9 Å². The summed E-state index contributed by atoms with van der Waals surface area (Å²) in [6, 6.07) is 13.3. The van der Waals surface area contributed by atoms with Crippen molar-refractivity contribution in [3.05, 3.63) is 86.7 Å². The highest BCUT2D eigenvalue weighted by Gasteiger charge is 2.43. The number of dihydropyridines is 1. The van der Waals surface area contributed by atoms with E-state index < -0.39 is 16.8 Å². The molecule has 1 aliphatic heterocycles. The summed E-state index contributed by atoms with van der Waals surface area (Å²) in [6.07, 6.45) is 1.11. The molecule has 0 saturated carbocycles. The molecule has 9 nitrogen and oxygen atoms in total. The number of benzene rings is 2. The Labute approximate surface area is 226 Å². The minimum absolute atomic E-state index is 0.00677. The molecule has 0 spiro atoms. The predicted molar refractivity (Wildman–Crippen MR) is 150 cm³/mol. The molecule has 0 bridgehead atoms. The Hall–Kier alpha value is -4.05. The van der Waals surface area contributed by atoms with Crippen molar-refractivity contribution in [2.45, 2.75) is 46.5 Å². The Morgan fingerprint density at radius 2 is 1.68 bits per heavy atom. The number of non-ortho nitro benzene ring substituents is 1. The second kappa shape index (κ2) is 10.7. The average Bonchev–Trinajstić information content (AvgIpc) is 2.83. The molecular weight excluding hydrogens is 504 g/mol. The van der Waals surface area contributed by atoms with Crippen LogP contribution in [0.2, 0.25) is 0 Å². The SMILES string of the molecule is CCOC(=O)C1=C(C)NC2=C(C(=O)CC(C)(C)C2)C1c1ccc(NC(=S)Nc2ccc([N+](=O)[O-])cc2)cc1.